The molecule has 0 radical (unpaired) electrons. The van der Waals surface area contributed by atoms with Gasteiger partial charge in [-0.15, -0.1) is 5.92 Å². The van der Waals surface area contributed by atoms with Gasteiger partial charge in [-0.25, -0.2) is 0 Å². The molecule has 0 aliphatic heterocycles. The molecular formula is C16H21NO2. The molecule has 0 bridgehead atoms. The van der Waals surface area contributed by atoms with Crippen LogP contribution in [0.15, 0.2) is 24.3 Å². The number of rotatable bonds is 7. The standard InChI is InChI=1S/C16H21NO2/c1-2-3-4-5-6-7-8-12-19-15-11-9-10-14(13-15)16(17)18/h9-11,13H,2-5,8,12H2,1H3,(H2,17,18). The Balaban J connectivity index is 2.25. The third kappa shape index (κ3) is 6.52. The highest BCUT2D eigenvalue weighted by atomic mass is 16.5. The van der Waals surface area contributed by atoms with E-state index in [9.17, 15) is 4.79 Å². The fraction of sp³-hybridized carbons (Fsp3) is 0.438. The van der Waals surface area contributed by atoms with Gasteiger partial charge >= 0.3 is 0 Å². The number of hydrogen-bond acceptors (Lipinski definition) is 2. The van der Waals surface area contributed by atoms with Crippen molar-refractivity contribution in [3.05, 3.63) is 29.8 Å². The van der Waals surface area contributed by atoms with Gasteiger partial charge in [-0.3, -0.25) is 4.79 Å². The fourth-order valence-electron chi connectivity index (χ4n) is 1.60. The maximum atomic E-state index is 11.0. The Morgan fingerprint density at radius 1 is 1.26 bits per heavy atom. The van der Waals surface area contributed by atoms with E-state index in [2.05, 4.69) is 18.8 Å². The van der Waals surface area contributed by atoms with Gasteiger partial charge in [0.05, 0.1) is 6.61 Å². The molecule has 1 aromatic rings. The Labute approximate surface area is 115 Å². The first-order chi connectivity index (χ1) is 9.24. The Morgan fingerprint density at radius 3 is 2.79 bits per heavy atom. The Kier molecular flexibility index (Phi) is 7.19. The van der Waals surface area contributed by atoms with Crippen molar-refractivity contribution >= 4 is 5.91 Å². The van der Waals surface area contributed by atoms with Gasteiger partial charge in [0.15, 0.2) is 0 Å². The molecule has 1 amide bonds. The lowest BCUT2D eigenvalue weighted by molar-refractivity contribution is 0.1000. The highest BCUT2D eigenvalue weighted by Gasteiger charge is 2.01. The van der Waals surface area contributed by atoms with E-state index in [1.165, 1.54) is 19.3 Å². The van der Waals surface area contributed by atoms with E-state index in [4.69, 9.17) is 10.5 Å². The van der Waals surface area contributed by atoms with Gasteiger partial charge in [0.1, 0.15) is 5.75 Å². The molecule has 0 spiro atoms. The SMILES string of the molecule is CCCCCC#CCCOc1cccc(C(N)=O)c1. The summed E-state index contributed by atoms with van der Waals surface area (Å²) in [6.07, 6.45) is 5.30. The Morgan fingerprint density at radius 2 is 2.05 bits per heavy atom. The number of ether oxygens (including phenoxy) is 1. The topological polar surface area (TPSA) is 52.3 Å². The Bertz CT molecular complexity index is 457. The van der Waals surface area contributed by atoms with Crippen LogP contribution >= 0.6 is 0 Å². The number of hydrogen-bond donors (Lipinski definition) is 1. The third-order valence-corrected chi connectivity index (χ3v) is 2.64. The van der Waals surface area contributed by atoms with Crippen LogP contribution in [0.5, 0.6) is 5.75 Å². The van der Waals surface area contributed by atoms with E-state index >= 15 is 0 Å². The van der Waals surface area contributed by atoms with Gasteiger partial charge in [0.25, 0.3) is 0 Å². The first kappa shape index (κ1) is 15.1. The predicted molar refractivity (Wildman–Crippen MR) is 77.0 cm³/mol. The first-order valence-electron chi connectivity index (χ1n) is 6.72. The highest BCUT2D eigenvalue weighted by molar-refractivity contribution is 5.93. The lowest BCUT2D eigenvalue weighted by Crippen LogP contribution is -2.10. The molecule has 0 fully saturated rings. The van der Waals surface area contributed by atoms with Crippen molar-refractivity contribution in [3.63, 3.8) is 0 Å². The number of unbranched alkanes of at least 4 members (excludes halogenated alkanes) is 3. The molecule has 0 saturated heterocycles. The minimum absolute atomic E-state index is 0.443. The van der Waals surface area contributed by atoms with Crippen LogP contribution in [0.3, 0.4) is 0 Å². The van der Waals surface area contributed by atoms with Crippen molar-refractivity contribution in [2.75, 3.05) is 6.61 Å². The molecule has 3 heteroatoms. The summed E-state index contributed by atoms with van der Waals surface area (Å²) in [5, 5.41) is 0. The van der Waals surface area contributed by atoms with E-state index in [1.54, 1.807) is 24.3 Å². The van der Waals surface area contributed by atoms with Gasteiger partial charge in [-0.1, -0.05) is 31.8 Å². The molecule has 102 valence electrons. The first-order valence-corrected chi connectivity index (χ1v) is 6.72. The molecule has 1 aromatic carbocycles. The maximum absolute atomic E-state index is 11.0. The van der Waals surface area contributed by atoms with Gasteiger partial charge in [0, 0.05) is 18.4 Å². The second-order valence-electron chi connectivity index (χ2n) is 4.30. The number of carbonyl (C=O) groups is 1. The molecule has 0 heterocycles. The molecule has 1 rings (SSSR count). The molecule has 0 saturated carbocycles. The van der Waals surface area contributed by atoms with E-state index in [-0.39, 0.29) is 0 Å². The summed E-state index contributed by atoms with van der Waals surface area (Å²) < 4.78 is 5.51. The van der Waals surface area contributed by atoms with Crippen LogP contribution < -0.4 is 10.5 Å². The summed E-state index contributed by atoms with van der Waals surface area (Å²) >= 11 is 0. The number of primary amides is 1. The number of amides is 1. The smallest absolute Gasteiger partial charge is 0.248 e. The van der Waals surface area contributed by atoms with Crippen molar-refractivity contribution in [2.45, 2.75) is 39.0 Å². The normalized spacial score (nSPS) is 9.53. The van der Waals surface area contributed by atoms with Crippen LogP contribution in [0, 0.1) is 11.8 Å². The van der Waals surface area contributed by atoms with Crippen LogP contribution in [0.2, 0.25) is 0 Å². The molecule has 0 aliphatic carbocycles. The zero-order valence-corrected chi connectivity index (χ0v) is 11.4. The molecule has 0 aromatic heterocycles. The average molecular weight is 259 g/mol. The number of nitrogens with two attached hydrogens (primary N) is 1. The van der Waals surface area contributed by atoms with Crippen molar-refractivity contribution in [2.24, 2.45) is 5.73 Å². The van der Waals surface area contributed by atoms with E-state index in [0.29, 0.717) is 24.3 Å². The van der Waals surface area contributed by atoms with Gasteiger partial charge in [-0.05, 0) is 24.6 Å². The van der Waals surface area contributed by atoms with Gasteiger partial charge < -0.3 is 10.5 Å². The lowest BCUT2D eigenvalue weighted by atomic mass is 10.2. The highest BCUT2D eigenvalue weighted by Crippen LogP contribution is 2.12. The van der Waals surface area contributed by atoms with Gasteiger partial charge in [-0.2, -0.15) is 0 Å². The Hall–Kier alpha value is -1.95. The molecule has 0 unspecified atom stereocenters. The minimum atomic E-state index is -0.443. The van der Waals surface area contributed by atoms with E-state index in [0.717, 1.165) is 6.42 Å². The summed E-state index contributed by atoms with van der Waals surface area (Å²) in [5.41, 5.74) is 5.66. The van der Waals surface area contributed by atoms with Crippen molar-refractivity contribution in [1.82, 2.24) is 0 Å². The zero-order chi connectivity index (χ0) is 13.9. The third-order valence-electron chi connectivity index (χ3n) is 2.64. The summed E-state index contributed by atoms with van der Waals surface area (Å²) in [4.78, 5) is 11.0. The molecule has 2 N–H and O–H groups in total. The second kappa shape index (κ2) is 9.04. The second-order valence-corrected chi connectivity index (χ2v) is 4.30. The summed E-state index contributed by atoms with van der Waals surface area (Å²) in [7, 11) is 0. The minimum Gasteiger partial charge on any atom is -0.493 e. The number of benzene rings is 1. The summed E-state index contributed by atoms with van der Waals surface area (Å²) in [6, 6.07) is 6.88. The fourth-order valence-corrected chi connectivity index (χ4v) is 1.60. The van der Waals surface area contributed by atoms with Gasteiger partial charge in [0.2, 0.25) is 5.91 Å². The lowest BCUT2D eigenvalue weighted by Gasteiger charge is -2.04. The van der Waals surface area contributed by atoms with Crippen molar-refractivity contribution in [3.8, 4) is 17.6 Å². The number of carbonyl (C=O) groups excluding carboxylic acids is 1. The molecule has 3 nitrogen and oxygen atoms in total. The van der Waals surface area contributed by atoms with Crippen LogP contribution in [0.4, 0.5) is 0 Å². The van der Waals surface area contributed by atoms with Crippen LogP contribution in [-0.2, 0) is 0 Å². The quantitative estimate of drug-likeness (QED) is 0.604. The van der Waals surface area contributed by atoms with Crippen LogP contribution in [0.1, 0.15) is 49.4 Å². The van der Waals surface area contributed by atoms with E-state index < -0.39 is 5.91 Å². The summed E-state index contributed by atoms with van der Waals surface area (Å²) in [6.45, 7) is 2.71. The molecule has 0 atom stereocenters. The molecule has 19 heavy (non-hydrogen) atoms. The maximum Gasteiger partial charge on any atom is 0.248 e. The largest absolute Gasteiger partial charge is 0.493 e. The zero-order valence-electron chi connectivity index (χ0n) is 11.4. The summed E-state index contributed by atoms with van der Waals surface area (Å²) in [5.74, 6) is 6.43. The monoisotopic (exact) mass is 259 g/mol. The van der Waals surface area contributed by atoms with Crippen molar-refractivity contribution < 1.29 is 9.53 Å². The molecular weight excluding hydrogens is 238 g/mol. The average Bonchev–Trinajstić information content (AvgIpc) is 2.42. The van der Waals surface area contributed by atoms with E-state index in [1.807, 2.05) is 0 Å². The molecule has 0 aliphatic rings. The van der Waals surface area contributed by atoms with Crippen LogP contribution in [-0.4, -0.2) is 12.5 Å². The van der Waals surface area contributed by atoms with Crippen molar-refractivity contribution in [1.29, 1.82) is 0 Å². The van der Waals surface area contributed by atoms with Crippen LogP contribution in [0.25, 0.3) is 0 Å². The predicted octanol–water partition coefficient (Wildman–Crippen LogP) is 3.14.